The van der Waals surface area contributed by atoms with E-state index in [4.69, 9.17) is 0 Å². The van der Waals surface area contributed by atoms with Crippen molar-refractivity contribution in [2.75, 3.05) is 6.54 Å². The van der Waals surface area contributed by atoms with Crippen LogP contribution in [0.15, 0.2) is 24.3 Å². The maximum atomic E-state index is 12.8. The molecule has 0 heterocycles. The number of phenolic OH excluding ortho intramolecular Hbond substituents is 1. The van der Waals surface area contributed by atoms with Gasteiger partial charge in [0, 0.05) is 12.6 Å². The summed E-state index contributed by atoms with van der Waals surface area (Å²) in [7, 11) is 0. The van der Waals surface area contributed by atoms with Gasteiger partial charge in [0.15, 0.2) is 0 Å². The zero-order valence-corrected chi connectivity index (χ0v) is 11.4. The molecule has 3 nitrogen and oxygen atoms in total. The van der Waals surface area contributed by atoms with Gasteiger partial charge in [-0.15, -0.1) is 0 Å². The van der Waals surface area contributed by atoms with Gasteiger partial charge in [-0.1, -0.05) is 12.1 Å². The van der Waals surface area contributed by atoms with Crippen molar-refractivity contribution in [3.05, 3.63) is 29.8 Å². The van der Waals surface area contributed by atoms with Crippen LogP contribution in [0.25, 0.3) is 0 Å². The molecule has 1 saturated carbocycles. The third-order valence-corrected chi connectivity index (χ3v) is 3.85. The summed E-state index contributed by atoms with van der Waals surface area (Å²) < 4.78 is 25.5. The first-order valence-electron chi connectivity index (χ1n) is 7.03. The second-order valence-electron chi connectivity index (χ2n) is 5.45. The Morgan fingerprint density at radius 2 is 1.90 bits per heavy atom. The molecule has 0 aliphatic heterocycles. The van der Waals surface area contributed by atoms with Crippen LogP contribution in [0.5, 0.6) is 5.75 Å². The molecule has 1 fully saturated rings. The number of halogens is 2. The molecule has 0 bridgehead atoms. The van der Waals surface area contributed by atoms with E-state index in [1.165, 1.54) is 0 Å². The highest BCUT2D eigenvalue weighted by Crippen LogP contribution is 2.25. The molecule has 0 atom stereocenters. The van der Waals surface area contributed by atoms with Crippen molar-refractivity contribution in [2.45, 2.75) is 50.8 Å². The zero-order chi connectivity index (χ0) is 14.5. The van der Waals surface area contributed by atoms with Crippen LogP contribution in [-0.2, 0) is 6.54 Å². The molecule has 0 saturated heterocycles. The fourth-order valence-corrected chi connectivity index (χ4v) is 2.83. The number of hydrogen-bond acceptors (Lipinski definition) is 3. The molecule has 0 aromatic heterocycles. The van der Waals surface area contributed by atoms with E-state index in [0.717, 1.165) is 18.4 Å². The summed E-state index contributed by atoms with van der Waals surface area (Å²) in [6, 6.07) is 6.80. The topological polar surface area (TPSA) is 43.7 Å². The molecule has 1 aliphatic rings. The predicted molar refractivity (Wildman–Crippen MR) is 72.8 cm³/mol. The van der Waals surface area contributed by atoms with Crippen LogP contribution in [0.1, 0.15) is 31.2 Å². The van der Waals surface area contributed by atoms with E-state index in [-0.39, 0.29) is 24.4 Å². The molecule has 112 valence electrons. The van der Waals surface area contributed by atoms with Gasteiger partial charge in [0.2, 0.25) is 0 Å². The van der Waals surface area contributed by atoms with Gasteiger partial charge in [-0.25, -0.2) is 8.78 Å². The molecule has 1 aliphatic carbocycles. The molecular weight excluding hydrogens is 264 g/mol. The summed E-state index contributed by atoms with van der Waals surface area (Å²) in [5, 5.41) is 19.0. The standard InChI is InChI=1S/C15H21F2NO2/c16-15(17)10-18(12-4-6-13(19)7-5-12)9-11-2-1-3-14(20)8-11/h1-3,8,12-13,15,19-20H,4-7,9-10H2. The molecule has 20 heavy (non-hydrogen) atoms. The van der Waals surface area contributed by atoms with Gasteiger partial charge >= 0.3 is 0 Å². The van der Waals surface area contributed by atoms with E-state index >= 15 is 0 Å². The molecule has 0 amide bonds. The molecule has 1 aromatic carbocycles. The maximum Gasteiger partial charge on any atom is 0.251 e. The number of hydrogen-bond donors (Lipinski definition) is 2. The van der Waals surface area contributed by atoms with E-state index in [0.29, 0.717) is 19.4 Å². The SMILES string of the molecule is Oc1cccc(CN(CC(F)F)C2CCC(O)CC2)c1. The Kier molecular flexibility index (Phi) is 5.31. The lowest BCUT2D eigenvalue weighted by Crippen LogP contribution is -2.41. The average molecular weight is 285 g/mol. The fourth-order valence-electron chi connectivity index (χ4n) is 2.83. The monoisotopic (exact) mass is 285 g/mol. The number of benzene rings is 1. The Morgan fingerprint density at radius 1 is 1.20 bits per heavy atom. The molecule has 2 rings (SSSR count). The number of phenols is 1. The summed E-state index contributed by atoms with van der Waals surface area (Å²) in [6.45, 7) is 0.135. The highest BCUT2D eigenvalue weighted by atomic mass is 19.3. The first kappa shape index (κ1) is 15.2. The van der Waals surface area contributed by atoms with Crippen molar-refractivity contribution in [3.8, 4) is 5.75 Å². The lowest BCUT2D eigenvalue weighted by Gasteiger charge is -2.35. The normalized spacial score (nSPS) is 23.4. The molecule has 0 radical (unpaired) electrons. The Morgan fingerprint density at radius 3 is 2.50 bits per heavy atom. The summed E-state index contributed by atoms with van der Waals surface area (Å²) in [4.78, 5) is 1.77. The molecule has 0 spiro atoms. The molecule has 1 aromatic rings. The van der Waals surface area contributed by atoms with Crippen LogP contribution < -0.4 is 0 Å². The van der Waals surface area contributed by atoms with Crippen molar-refractivity contribution in [2.24, 2.45) is 0 Å². The first-order valence-corrected chi connectivity index (χ1v) is 7.03. The van der Waals surface area contributed by atoms with Gasteiger partial charge in [-0.2, -0.15) is 0 Å². The molecule has 0 unspecified atom stereocenters. The highest BCUT2D eigenvalue weighted by Gasteiger charge is 2.26. The smallest absolute Gasteiger partial charge is 0.251 e. The van der Waals surface area contributed by atoms with Crippen molar-refractivity contribution in [1.82, 2.24) is 4.90 Å². The molecular formula is C15H21F2NO2. The Balaban J connectivity index is 2.03. The fraction of sp³-hybridized carbons (Fsp3) is 0.600. The van der Waals surface area contributed by atoms with E-state index in [2.05, 4.69) is 0 Å². The third kappa shape index (κ3) is 4.42. The van der Waals surface area contributed by atoms with Gasteiger partial charge in [0.25, 0.3) is 6.43 Å². The van der Waals surface area contributed by atoms with Crippen molar-refractivity contribution < 1.29 is 19.0 Å². The van der Waals surface area contributed by atoms with Gasteiger partial charge in [0.05, 0.1) is 12.6 Å². The second kappa shape index (κ2) is 6.99. The average Bonchev–Trinajstić information content (AvgIpc) is 2.38. The minimum Gasteiger partial charge on any atom is -0.508 e. The molecule has 5 heteroatoms. The number of aliphatic hydroxyl groups is 1. The van der Waals surface area contributed by atoms with Crippen molar-refractivity contribution in [3.63, 3.8) is 0 Å². The lowest BCUT2D eigenvalue weighted by atomic mass is 9.91. The highest BCUT2D eigenvalue weighted by molar-refractivity contribution is 5.27. The van der Waals surface area contributed by atoms with Gasteiger partial charge < -0.3 is 10.2 Å². The Labute approximate surface area is 117 Å². The predicted octanol–water partition coefficient (Wildman–Crippen LogP) is 2.76. The van der Waals surface area contributed by atoms with E-state index in [1.54, 1.807) is 23.1 Å². The quantitative estimate of drug-likeness (QED) is 0.874. The van der Waals surface area contributed by atoms with Crippen LogP contribution in [0.2, 0.25) is 0 Å². The summed E-state index contributed by atoms with van der Waals surface area (Å²) in [5.41, 5.74) is 0.830. The summed E-state index contributed by atoms with van der Waals surface area (Å²) in [5.74, 6) is 0.151. The zero-order valence-electron chi connectivity index (χ0n) is 11.4. The van der Waals surface area contributed by atoms with Crippen LogP contribution in [0.3, 0.4) is 0 Å². The summed E-state index contributed by atoms with van der Waals surface area (Å²) >= 11 is 0. The third-order valence-electron chi connectivity index (χ3n) is 3.85. The number of aliphatic hydroxyl groups excluding tert-OH is 1. The van der Waals surface area contributed by atoms with Crippen LogP contribution in [0, 0.1) is 0 Å². The number of aromatic hydroxyl groups is 1. The minimum absolute atomic E-state index is 0.0785. The second-order valence-corrected chi connectivity index (χ2v) is 5.45. The lowest BCUT2D eigenvalue weighted by molar-refractivity contribution is 0.0280. The van der Waals surface area contributed by atoms with E-state index in [1.807, 2.05) is 6.07 Å². The van der Waals surface area contributed by atoms with Crippen LogP contribution >= 0.6 is 0 Å². The Bertz CT molecular complexity index is 420. The maximum absolute atomic E-state index is 12.8. The van der Waals surface area contributed by atoms with Gasteiger partial charge in [-0.3, -0.25) is 4.90 Å². The van der Waals surface area contributed by atoms with Gasteiger partial charge in [-0.05, 0) is 43.4 Å². The Hall–Kier alpha value is -1.20. The first-order chi connectivity index (χ1) is 9.54. The summed E-state index contributed by atoms with van der Waals surface area (Å²) in [6.07, 6.45) is 0.161. The van der Waals surface area contributed by atoms with Crippen molar-refractivity contribution in [1.29, 1.82) is 0 Å². The van der Waals surface area contributed by atoms with Crippen LogP contribution in [0.4, 0.5) is 8.78 Å². The number of rotatable bonds is 5. The number of alkyl halides is 2. The van der Waals surface area contributed by atoms with Crippen LogP contribution in [-0.4, -0.2) is 40.2 Å². The largest absolute Gasteiger partial charge is 0.508 e. The van der Waals surface area contributed by atoms with Crippen molar-refractivity contribution >= 4 is 0 Å². The van der Waals surface area contributed by atoms with E-state index < -0.39 is 6.43 Å². The number of nitrogens with zero attached hydrogens (tertiary/aromatic N) is 1. The minimum atomic E-state index is -2.38. The van der Waals surface area contributed by atoms with E-state index in [9.17, 15) is 19.0 Å². The van der Waals surface area contributed by atoms with Gasteiger partial charge in [0.1, 0.15) is 5.75 Å². The molecule has 2 N–H and O–H groups in total.